The molecule has 1 fully saturated rings. The highest BCUT2D eigenvalue weighted by molar-refractivity contribution is 6.23. The van der Waals surface area contributed by atoms with Crippen LogP contribution < -0.4 is 5.73 Å². The number of hydrogen-bond acceptors (Lipinski definition) is 10. The van der Waals surface area contributed by atoms with Gasteiger partial charge >= 0.3 is 5.97 Å². The number of hydrogen-bond donors (Lipinski definition) is 6. The minimum Gasteiger partial charge on any atom is -0.508 e. The molecule has 1 aromatic rings. The highest BCUT2D eigenvalue weighted by Gasteiger charge is 2.64. The highest BCUT2D eigenvalue weighted by atomic mass is 16.5. The molecule has 0 unspecified atom stereocenters. The van der Waals surface area contributed by atoms with Crippen molar-refractivity contribution < 1.29 is 49.4 Å². The SMILES string of the molecule is CCOC(=O)/C=C/c1ccc2c(c1O)C(O)=C1C(=O)[C@]3(O)C(O)=C(C(N)=O)C(=O)C[C@@H]3[C@@H](O)[C@@H]1[C@H]2C. The second-order valence-corrected chi connectivity index (χ2v) is 9.04. The van der Waals surface area contributed by atoms with Gasteiger partial charge in [0.2, 0.25) is 5.78 Å². The summed E-state index contributed by atoms with van der Waals surface area (Å²) in [5, 5.41) is 55.2. The average Bonchev–Trinajstić information content (AvgIpc) is 2.81. The molecule has 0 aromatic heterocycles. The zero-order chi connectivity index (χ0) is 26.7. The number of fused-ring (bicyclic) bond motifs is 3. The van der Waals surface area contributed by atoms with E-state index in [0.29, 0.717) is 5.56 Å². The number of aromatic hydroxyl groups is 1. The van der Waals surface area contributed by atoms with Crippen LogP contribution in [-0.2, 0) is 23.9 Å². The summed E-state index contributed by atoms with van der Waals surface area (Å²) in [6, 6.07) is 3.02. The van der Waals surface area contributed by atoms with Crippen LogP contribution in [0.15, 0.2) is 35.1 Å². The monoisotopic (exact) mass is 499 g/mol. The van der Waals surface area contributed by atoms with Crippen molar-refractivity contribution in [2.75, 3.05) is 6.61 Å². The quantitative estimate of drug-likeness (QED) is 0.192. The first-order valence-corrected chi connectivity index (χ1v) is 11.2. The van der Waals surface area contributed by atoms with Gasteiger partial charge in [0, 0.05) is 35.5 Å². The Bertz CT molecular complexity index is 1310. The van der Waals surface area contributed by atoms with Gasteiger partial charge in [-0.15, -0.1) is 0 Å². The minimum atomic E-state index is -2.90. The van der Waals surface area contributed by atoms with E-state index < -0.39 is 87.7 Å². The highest BCUT2D eigenvalue weighted by Crippen LogP contribution is 2.55. The number of benzene rings is 1. The first-order chi connectivity index (χ1) is 16.9. The lowest BCUT2D eigenvalue weighted by molar-refractivity contribution is -0.160. The maximum Gasteiger partial charge on any atom is 0.330 e. The van der Waals surface area contributed by atoms with Crippen molar-refractivity contribution in [1.29, 1.82) is 0 Å². The van der Waals surface area contributed by atoms with Crippen LogP contribution >= 0.6 is 0 Å². The number of ether oxygens (including phenoxy) is 1. The number of aliphatic hydroxyl groups is 4. The molecule has 7 N–H and O–H groups in total. The summed E-state index contributed by atoms with van der Waals surface area (Å²) in [4.78, 5) is 49.5. The summed E-state index contributed by atoms with van der Waals surface area (Å²) in [5.41, 5.74) is 1.15. The number of Topliss-reactive ketones (excluding diaryl/α,β-unsaturated/α-hetero) is 2. The molecule has 11 heteroatoms. The van der Waals surface area contributed by atoms with E-state index >= 15 is 0 Å². The van der Waals surface area contributed by atoms with Gasteiger partial charge < -0.3 is 36.0 Å². The Labute approximate surface area is 204 Å². The lowest BCUT2D eigenvalue weighted by Gasteiger charge is -2.50. The first-order valence-electron chi connectivity index (χ1n) is 11.2. The van der Waals surface area contributed by atoms with E-state index in [0.717, 1.165) is 6.08 Å². The summed E-state index contributed by atoms with van der Waals surface area (Å²) in [5.74, 6) is -10.00. The molecule has 0 aliphatic heterocycles. The molecular formula is C25H25NO10. The maximum absolute atomic E-state index is 13.6. The minimum absolute atomic E-state index is 0.113. The maximum atomic E-state index is 13.6. The Morgan fingerprint density at radius 3 is 2.50 bits per heavy atom. The first kappa shape index (κ1) is 25.1. The molecule has 1 amide bonds. The molecule has 1 saturated carbocycles. The van der Waals surface area contributed by atoms with Crippen LogP contribution in [0.3, 0.4) is 0 Å². The van der Waals surface area contributed by atoms with Gasteiger partial charge in [-0.3, -0.25) is 14.4 Å². The number of ketones is 2. The second-order valence-electron chi connectivity index (χ2n) is 9.04. The summed E-state index contributed by atoms with van der Waals surface area (Å²) >= 11 is 0. The molecule has 0 spiro atoms. The van der Waals surface area contributed by atoms with Crippen LogP contribution in [0.4, 0.5) is 0 Å². The molecule has 36 heavy (non-hydrogen) atoms. The van der Waals surface area contributed by atoms with E-state index in [4.69, 9.17) is 10.5 Å². The number of amides is 1. The lowest BCUT2D eigenvalue weighted by Crippen LogP contribution is -2.63. The number of rotatable bonds is 4. The Hall–Kier alpha value is -3.96. The number of esters is 1. The van der Waals surface area contributed by atoms with Crippen molar-refractivity contribution in [3.63, 3.8) is 0 Å². The molecule has 3 aliphatic rings. The number of carbonyl (C=O) groups excluding carboxylic acids is 4. The predicted molar refractivity (Wildman–Crippen MR) is 123 cm³/mol. The number of nitrogens with two attached hydrogens (primary N) is 1. The third-order valence-corrected chi connectivity index (χ3v) is 7.22. The van der Waals surface area contributed by atoms with Crippen LogP contribution in [0.1, 0.15) is 42.9 Å². The van der Waals surface area contributed by atoms with Crippen LogP contribution in [0.2, 0.25) is 0 Å². The Morgan fingerprint density at radius 1 is 1.22 bits per heavy atom. The molecule has 5 atom stereocenters. The third-order valence-electron chi connectivity index (χ3n) is 7.22. The van der Waals surface area contributed by atoms with Gasteiger partial charge in [-0.1, -0.05) is 19.1 Å². The van der Waals surface area contributed by atoms with Gasteiger partial charge in [-0.05, 0) is 24.5 Å². The van der Waals surface area contributed by atoms with Gasteiger partial charge in [0.1, 0.15) is 22.8 Å². The molecule has 0 radical (unpaired) electrons. The van der Waals surface area contributed by atoms with Crippen LogP contribution in [0.25, 0.3) is 11.8 Å². The molecule has 4 rings (SSSR count). The number of phenols is 1. The van der Waals surface area contributed by atoms with Crippen LogP contribution in [0, 0.1) is 11.8 Å². The average molecular weight is 499 g/mol. The van der Waals surface area contributed by atoms with Gasteiger partial charge in [0.25, 0.3) is 5.91 Å². The van der Waals surface area contributed by atoms with E-state index in [9.17, 15) is 44.7 Å². The molecular weight excluding hydrogens is 474 g/mol. The summed E-state index contributed by atoms with van der Waals surface area (Å²) in [6.07, 6.45) is 0.0853. The zero-order valence-electron chi connectivity index (χ0n) is 19.4. The standard InChI is InChI=1S/C25H25NO10/c1-3-36-14(28)7-5-10-4-6-11-9(2)15-18(21(31)16(11)19(10)29)23(33)25(35)12(20(15)30)8-13(27)17(22(25)32)24(26)34/h4-7,9,12,15,20,29-32,35H,3,8H2,1-2H3,(H2,26,34)/b7-5+/t9-,12+,15+,20+,25+/m0/s1. The topological polar surface area (TPSA) is 205 Å². The Morgan fingerprint density at radius 2 is 1.89 bits per heavy atom. The molecule has 3 aliphatic carbocycles. The van der Waals surface area contributed by atoms with Gasteiger partial charge in [0.15, 0.2) is 11.4 Å². The van der Waals surface area contributed by atoms with E-state index in [-0.39, 0.29) is 17.7 Å². The fourth-order valence-corrected chi connectivity index (χ4v) is 5.50. The largest absolute Gasteiger partial charge is 0.508 e. The van der Waals surface area contributed by atoms with E-state index in [1.165, 1.54) is 12.1 Å². The summed E-state index contributed by atoms with van der Waals surface area (Å²) in [6.45, 7) is 3.39. The molecule has 0 saturated heterocycles. The second kappa shape index (κ2) is 8.61. The Kier molecular flexibility index (Phi) is 6.01. The van der Waals surface area contributed by atoms with Crippen molar-refractivity contribution in [2.45, 2.75) is 37.9 Å². The summed E-state index contributed by atoms with van der Waals surface area (Å²) in [7, 11) is 0. The number of primary amides is 1. The third kappa shape index (κ3) is 3.34. The van der Waals surface area contributed by atoms with E-state index in [1.807, 2.05) is 0 Å². The lowest BCUT2D eigenvalue weighted by atomic mass is 9.55. The molecule has 0 heterocycles. The molecule has 11 nitrogen and oxygen atoms in total. The van der Waals surface area contributed by atoms with E-state index in [1.54, 1.807) is 19.9 Å². The number of phenolic OH excluding ortho intramolecular Hbond substituents is 1. The fraction of sp³-hybridized carbons (Fsp3) is 0.360. The summed E-state index contributed by atoms with van der Waals surface area (Å²) < 4.78 is 4.80. The van der Waals surface area contributed by atoms with Gasteiger partial charge in [-0.25, -0.2) is 4.79 Å². The fourth-order valence-electron chi connectivity index (χ4n) is 5.50. The smallest absolute Gasteiger partial charge is 0.330 e. The molecule has 190 valence electrons. The normalized spacial score (nSPS) is 29.7. The van der Waals surface area contributed by atoms with Crippen molar-refractivity contribution in [2.24, 2.45) is 17.6 Å². The Balaban J connectivity index is 1.91. The van der Waals surface area contributed by atoms with E-state index in [2.05, 4.69) is 0 Å². The van der Waals surface area contributed by atoms with Gasteiger partial charge in [0.05, 0.1) is 18.3 Å². The zero-order valence-corrected chi connectivity index (χ0v) is 19.4. The number of carbonyl (C=O) groups is 4. The van der Waals surface area contributed by atoms with Crippen molar-refractivity contribution >= 4 is 35.3 Å². The molecule has 0 bridgehead atoms. The van der Waals surface area contributed by atoms with Gasteiger partial charge in [-0.2, -0.15) is 0 Å². The van der Waals surface area contributed by atoms with Crippen molar-refractivity contribution in [3.05, 3.63) is 51.8 Å². The predicted octanol–water partition coefficient (Wildman–Crippen LogP) is 0.532. The molecule has 1 aromatic carbocycles. The van der Waals surface area contributed by atoms with Crippen LogP contribution in [0.5, 0.6) is 5.75 Å². The van der Waals surface area contributed by atoms with Crippen LogP contribution in [-0.4, -0.2) is 67.3 Å². The van der Waals surface area contributed by atoms with Crippen molar-refractivity contribution in [1.82, 2.24) is 0 Å². The number of aliphatic hydroxyl groups excluding tert-OH is 3. The van der Waals surface area contributed by atoms with Crippen molar-refractivity contribution in [3.8, 4) is 5.75 Å².